The van der Waals surface area contributed by atoms with Gasteiger partial charge in [-0.05, 0) is 19.3 Å². The van der Waals surface area contributed by atoms with Crippen molar-refractivity contribution in [1.29, 1.82) is 0 Å². The molecule has 1 aliphatic rings. The number of aliphatic hydroxyl groups excluding tert-OH is 3. The van der Waals surface area contributed by atoms with Crippen molar-refractivity contribution in [2.24, 2.45) is 11.8 Å². The van der Waals surface area contributed by atoms with Gasteiger partial charge < -0.3 is 20.1 Å². The Morgan fingerprint density at radius 2 is 1.79 bits per heavy atom. The van der Waals surface area contributed by atoms with E-state index in [0.29, 0.717) is 12.8 Å². The van der Waals surface area contributed by atoms with E-state index in [0.717, 1.165) is 38.4 Å². The van der Waals surface area contributed by atoms with Crippen LogP contribution in [-0.2, 0) is 4.79 Å². The van der Waals surface area contributed by atoms with E-state index in [1.807, 2.05) is 12.2 Å². The van der Waals surface area contributed by atoms with Crippen molar-refractivity contribution < 1.29 is 20.1 Å². The van der Waals surface area contributed by atoms with E-state index >= 15 is 0 Å². The van der Waals surface area contributed by atoms with Gasteiger partial charge in [-0.3, -0.25) is 0 Å². The Bertz CT molecular complexity index is 277. The van der Waals surface area contributed by atoms with Crippen LogP contribution in [0.5, 0.6) is 0 Å². The van der Waals surface area contributed by atoms with Crippen LogP contribution < -0.4 is 0 Å². The maximum Gasteiger partial charge on any atom is 0.120 e. The Labute approximate surface area is 115 Å². The van der Waals surface area contributed by atoms with Crippen molar-refractivity contribution in [2.75, 3.05) is 6.61 Å². The van der Waals surface area contributed by atoms with Gasteiger partial charge in [0.25, 0.3) is 0 Å². The first-order valence-electron chi connectivity index (χ1n) is 7.28. The van der Waals surface area contributed by atoms with Crippen LogP contribution >= 0.6 is 0 Å². The van der Waals surface area contributed by atoms with Crippen LogP contribution in [-0.4, -0.2) is 40.4 Å². The number of hydrogen-bond donors (Lipinski definition) is 3. The van der Waals surface area contributed by atoms with Crippen molar-refractivity contribution in [3.8, 4) is 0 Å². The standard InChI is InChI=1S/C15H26O4/c16-9-6-4-2-1-3-5-7-12-13(8-10-17)15(19)11-14(12)18/h5,7,10,12-16,18-19H,1-4,6,8-9,11H2/t12-,13-,14-,15+/m0/s1. The number of allylic oxidation sites excluding steroid dienone is 1. The molecule has 0 bridgehead atoms. The summed E-state index contributed by atoms with van der Waals surface area (Å²) < 4.78 is 0. The van der Waals surface area contributed by atoms with Crippen LogP contribution in [0.2, 0.25) is 0 Å². The quantitative estimate of drug-likeness (QED) is 0.336. The lowest BCUT2D eigenvalue weighted by Crippen LogP contribution is -2.20. The predicted molar refractivity (Wildman–Crippen MR) is 73.6 cm³/mol. The summed E-state index contributed by atoms with van der Waals surface area (Å²) in [6.07, 6.45) is 9.41. The normalized spacial score (nSPS) is 31.1. The highest BCUT2D eigenvalue weighted by Crippen LogP contribution is 2.35. The number of hydrogen-bond acceptors (Lipinski definition) is 4. The number of unbranched alkanes of at least 4 members (excludes halogenated alkanes) is 4. The fourth-order valence-electron chi connectivity index (χ4n) is 2.80. The van der Waals surface area contributed by atoms with Gasteiger partial charge in [-0.25, -0.2) is 0 Å². The molecule has 1 aliphatic carbocycles. The molecule has 4 atom stereocenters. The summed E-state index contributed by atoms with van der Waals surface area (Å²) in [5.41, 5.74) is 0. The fourth-order valence-corrected chi connectivity index (χ4v) is 2.80. The molecule has 19 heavy (non-hydrogen) atoms. The van der Waals surface area contributed by atoms with Crippen LogP contribution in [0.3, 0.4) is 0 Å². The minimum Gasteiger partial charge on any atom is -0.396 e. The van der Waals surface area contributed by atoms with Crippen molar-refractivity contribution in [2.45, 2.75) is 57.2 Å². The molecule has 3 N–H and O–H groups in total. The van der Waals surface area contributed by atoms with Gasteiger partial charge in [0.2, 0.25) is 0 Å². The molecular weight excluding hydrogens is 244 g/mol. The van der Waals surface area contributed by atoms with Crippen LogP contribution in [0.25, 0.3) is 0 Å². The van der Waals surface area contributed by atoms with Crippen LogP contribution in [0.15, 0.2) is 12.2 Å². The summed E-state index contributed by atoms with van der Waals surface area (Å²) in [4.78, 5) is 10.6. The maximum atomic E-state index is 10.6. The van der Waals surface area contributed by atoms with Crippen LogP contribution in [0.4, 0.5) is 0 Å². The Kier molecular flexibility index (Phi) is 7.94. The minimum absolute atomic E-state index is 0.0994. The Hall–Kier alpha value is -0.710. The first-order valence-corrected chi connectivity index (χ1v) is 7.28. The first-order chi connectivity index (χ1) is 9.20. The van der Waals surface area contributed by atoms with E-state index < -0.39 is 12.2 Å². The van der Waals surface area contributed by atoms with E-state index in [1.54, 1.807) is 0 Å². The third kappa shape index (κ3) is 5.43. The molecule has 0 aromatic carbocycles. The first kappa shape index (κ1) is 16.3. The summed E-state index contributed by atoms with van der Waals surface area (Å²) >= 11 is 0. The summed E-state index contributed by atoms with van der Waals surface area (Å²) in [7, 11) is 0. The Morgan fingerprint density at radius 1 is 1.05 bits per heavy atom. The van der Waals surface area contributed by atoms with Crippen molar-refractivity contribution in [3.63, 3.8) is 0 Å². The average Bonchev–Trinajstić information content (AvgIpc) is 2.64. The molecule has 1 fully saturated rings. The molecule has 0 aromatic heterocycles. The van der Waals surface area contributed by atoms with E-state index in [2.05, 4.69) is 0 Å². The topological polar surface area (TPSA) is 77.8 Å². The zero-order valence-corrected chi connectivity index (χ0v) is 11.4. The van der Waals surface area contributed by atoms with Gasteiger partial charge in [0.1, 0.15) is 6.29 Å². The molecule has 1 saturated carbocycles. The summed E-state index contributed by atoms with van der Waals surface area (Å²) in [5, 5.41) is 28.3. The number of aliphatic hydroxyl groups is 3. The monoisotopic (exact) mass is 270 g/mol. The lowest BCUT2D eigenvalue weighted by atomic mass is 9.90. The van der Waals surface area contributed by atoms with Gasteiger partial charge in [-0.15, -0.1) is 0 Å². The van der Waals surface area contributed by atoms with Crippen molar-refractivity contribution >= 4 is 6.29 Å². The minimum atomic E-state index is -0.570. The van der Waals surface area contributed by atoms with Gasteiger partial charge in [0.15, 0.2) is 0 Å². The van der Waals surface area contributed by atoms with Gasteiger partial charge >= 0.3 is 0 Å². The highest BCUT2D eigenvalue weighted by Gasteiger charge is 2.39. The Morgan fingerprint density at radius 3 is 2.47 bits per heavy atom. The van der Waals surface area contributed by atoms with E-state index in [-0.39, 0.29) is 18.4 Å². The van der Waals surface area contributed by atoms with Gasteiger partial charge in [-0.1, -0.05) is 25.0 Å². The number of rotatable bonds is 9. The zero-order chi connectivity index (χ0) is 14.1. The van der Waals surface area contributed by atoms with Crippen LogP contribution in [0, 0.1) is 11.8 Å². The van der Waals surface area contributed by atoms with Crippen molar-refractivity contribution in [1.82, 2.24) is 0 Å². The van der Waals surface area contributed by atoms with Gasteiger partial charge in [0.05, 0.1) is 12.2 Å². The van der Waals surface area contributed by atoms with Crippen molar-refractivity contribution in [3.05, 3.63) is 12.2 Å². The summed E-state index contributed by atoms with van der Waals surface area (Å²) in [6, 6.07) is 0. The molecular formula is C15H26O4. The van der Waals surface area contributed by atoms with Gasteiger partial charge in [-0.2, -0.15) is 0 Å². The molecule has 0 aliphatic heterocycles. The highest BCUT2D eigenvalue weighted by molar-refractivity contribution is 5.50. The number of carbonyl (C=O) groups is 1. The van der Waals surface area contributed by atoms with Crippen LogP contribution in [0.1, 0.15) is 44.9 Å². The Balaban J connectivity index is 2.30. The molecule has 0 aromatic rings. The zero-order valence-electron chi connectivity index (χ0n) is 11.4. The average molecular weight is 270 g/mol. The number of aldehydes is 1. The molecule has 1 rings (SSSR count). The molecule has 0 spiro atoms. The molecule has 0 amide bonds. The van der Waals surface area contributed by atoms with E-state index in [9.17, 15) is 15.0 Å². The lowest BCUT2D eigenvalue weighted by molar-refractivity contribution is -0.109. The lowest BCUT2D eigenvalue weighted by Gasteiger charge is -2.17. The predicted octanol–water partition coefficient (Wildman–Crippen LogP) is 1.43. The molecule has 0 unspecified atom stereocenters. The van der Waals surface area contributed by atoms with Gasteiger partial charge in [0, 0.05) is 31.3 Å². The van der Waals surface area contributed by atoms with E-state index in [4.69, 9.17) is 5.11 Å². The molecule has 0 radical (unpaired) electrons. The SMILES string of the molecule is O=CC[C@H]1[C@H](C=CCCCCCCO)[C@@H](O)C[C@H]1O. The fraction of sp³-hybridized carbons (Fsp3) is 0.800. The van der Waals surface area contributed by atoms with E-state index in [1.165, 1.54) is 0 Å². The molecule has 0 heterocycles. The second-order valence-electron chi connectivity index (χ2n) is 5.37. The molecule has 4 heteroatoms. The number of carbonyl (C=O) groups excluding carboxylic acids is 1. The smallest absolute Gasteiger partial charge is 0.120 e. The third-order valence-electron chi connectivity index (χ3n) is 3.92. The molecule has 4 nitrogen and oxygen atoms in total. The second-order valence-corrected chi connectivity index (χ2v) is 5.37. The summed E-state index contributed by atoms with van der Waals surface area (Å²) in [5.74, 6) is -0.240. The molecule has 0 saturated heterocycles. The molecule has 110 valence electrons. The highest BCUT2D eigenvalue weighted by atomic mass is 16.3. The largest absolute Gasteiger partial charge is 0.396 e. The third-order valence-corrected chi connectivity index (χ3v) is 3.92. The second kappa shape index (κ2) is 9.23. The maximum absolute atomic E-state index is 10.6. The summed E-state index contributed by atoms with van der Waals surface area (Å²) in [6.45, 7) is 0.259.